The summed E-state index contributed by atoms with van der Waals surface area (Å²) in [5, 5.41) is 0.541. The predicted molar refractivity (Wildman–Crippen MR) is 75.3 cm³/mol. The van der Waals surface area contributed by atoms with Gasteiger partial charge in [-0.15, -0.1) is 0 Å². The average molecular weight is 275 g/mol. The molecular weight excluding hydrogens is 258 g/mol. The van der Waals surface area contributed by atoms with Gasteiger partial charge in [0, 0.05) is 13.7 Å². The van der Waals surface area contributed by atoms with Crippen molar-refractivity contribution in [3.05, 3.63) is 40.4 Å². The van der Waals surface area contributed by atoms with Crippen LogP contribution in [0, 0.1) is 0 Å². The van der Waals surface area contributed by atoms with Crippen molar-refractivity contribution in [2.75, 3.05) is 20.3 Å². The second-order valence-corrected chi connectivity index (χ2v) is 4.42. The van der Waals surface area contributed by atoms with Gasteiger partial charge in [0.05, 0.1) is 17.4 Å². The number of hydrogen-bond donors (Lipinski definition) is 1. The van der Waals surface area contributed by atoms with E-state index in [2.05, 4.69) is 9.97 Å². The van der Waals surface area contributed by atoms with Gasteiger partial charge in [0.25, 0.3) is 5.56 Å². The van der Waals surface area contributed by atoms with Crippen LogP contribution < -0.4 is 5.56 Å². The van der Waals surface area contributed by atoms with E-state index in [9.17, 15) is 9.59 Å². The van der Waals surface area contributed by atoms with Gasteiger partial charge in [0.15, 0.2) is 0 Å². The molecular formula is C14H17N3O3. The van der Waals surface area contributed by atoms with Gasteiger partial charge in [-0.3, -0.25) is 9.59 Å². The van der Waals surface area contributed by atoms with E-state index >= 15 is 0 Å². The molecule has 0 aliphatic rings. The van der Waals surface area contributed by atoms with Crippen LogP contribution in [0.2, 0.25) is 0 Å². The molecule has 0 bridgehead atoms. The van der Waals surface area contributed by atoms with Crippen LogP contribution in [0.3, 0.4) is 0 Å². The van der Waals surface area contributed by atoms with Crippen molar-refractivity contribution >= 4 is 16.8 Å². The van der Waals surface area contributed by atoms with Gasteiger partial charge in [-0.25, -0.2) is 4.98 Å². The van der Waals surface area contributed by atoms with Crippen molar-refractivity contribution in [1.29, 1.82) is 0 Å². The summed E-state index contributed by atoms with van der Waals surface area (Å²) < 4.78 is 5.06. The molecule has 106 valence electrons. The van der Waals surface area contributed by atoms with E-state index in [4.69, 9.17) is 4.74 Å². The zero-order valence-electron chi connectivity index (χ0n) is 11.5. The van der Waals surface area contributed by atoms with Gasteiger partial charge in [-0.2, -0.15) is 0 Å². The first-order valence-corrected chi connectivity index (χ1v) is 6.41. The standard InChI is InChI=1S/C14H17N3O3/c1-3-20-9-13(18)17(2)8-12-15-11-7-5-4-6-10(11)14(19)16-12/h4-7H,3,8-9H2,1-2H3,(H,15,16,19). The first-order valence-electron chi connectivity index (χ1n) is 6.41. The number of aromatic amines is 1. The van der Waals surface area contributed by atoms with Gasteiger partial charge < -0.3 is 14.6 Å². The Labute approximate surface area is 116 Å². The zero-order chi connectivity index (χ0) is 14.5. The number of aromatic nitrogens is 2. The number of carbonyl (C=O) groups excluding carboxylic acids is 1. The fraction of sp³-hybridized carbons (Fsp3) is 0.357. The number of rotatable bonds is 5. The fourth-order valence-corrected chi connectivity index (χ4v) is 1.82. The quantitative estimate of drug-likeness (QED) is 0.880. The minimum absolute atomic E-state index is 0.0326. The summed E-state index contributed by atoms with van der Waals surface area (Å²) in [6, 6.07) is 7.10. The second kappa shape index (κ2) is 6.29. The third kappa shape index (κ3) is 3.21. The zero-order valence-corrected chi connectivity index (χ0v) is 11.5. The van der Waals surface area contributed by atoms with Gasteiger partial charge >= 0.3 is 0 Å². The normalized spacial score (nSPS) is 10.7. The van der Waals surface area contributed by atoms with Gasteiger partial charge in [-0.1, -0.05) is 12.1 Å². The Hall–Kier alpha value is -2.21. The lowest BCUT2D eigenvalue weighted by Gasteiger charge is -2.16. The minimum Gasteiger partial charge on any atom is -0.372 e. The number of H-pyrrole nitrogens is 1. The lowest BCUT2D eigenvalue weighted by molar-refractivity contribution is -0.135. The highest BCUT2D eigenvalue weighted by Gasteiger charge is 2.11. The molecule has 1 aromatic carbocycles. The molecule has 1 heterocycles. The van der Waals surface area contributed by atoms with Gasteiger partial charge in [-0.05, 0) is 19.1 Å². The summed E-state index contributed by atoms with van der Waals surface area (Å²) >= 11 is 0. The van der Waals surface area contributed by atoms with Crippen LogP contribution >= 0.6 is 0 Å². The van der Waals surface area contributed by atoms with Gasteiger partial charge in [0.2, 0.25) is 5.91 Å². The molecule has 1 aromatic heterocycles. The van der Waals surface area contributed by atoms with Crippen LogP contribution in [0.15, 0.2) is 29.1 Å². The monoisotopic (exact) mass is 275 g/mol. The molecule has 6 nitrogen and oxygen atoms in total. The van der Waals surface area contributed by atoms with E-state index in [1.54, 1.807) is 25.2 Å². The van der Waals surface area contributed by atoms with Crippen LogP contribution in [0.1, 0.15) is 12.7 Å². The summed E-state index contributed by atoms with van der Waals surface area (Å²) in [6.07, 6.45) is 0. The van der Waals surface area contributed by atoms with Crippen molar-refractivity contribution in [2.45, 2.75) is 13.5 Å². The number of benzene rings is 1. The number of fused-ring (bicyclic) bond motifs is 1. The fourth-order valence-electron chi connectivity index (χ4n) is 1.82. The summed E-state index contributed by atoms with van der Waals surface area (Å²) in [6.45, 7) is 2.59. The maximum Gasteiger partial charge on any atom is 0.258 e. The van der Waals surface area contributed by atoms with Crippen molar-refractivity contribution in [3.63, 3.8) is 0 Å². The van der Waals surface area contributed by atoms with Crippen LogP contribution in [-0.2, 0) is 16.1 Å². The van der Waals surface area contributed by atoms with Crippen molar-refractivity contribution in [3.8, 4) is 0 Å². The van der Waals surface area contributed by atoms with Crippen LogP contribution in [0.4, 0.5) is 0 Å². The van der Waals surface area contributed by atoms with E-state index in [1.165, 1.54) is 4.90 Å². The number of hydrogen-bond acceptors (Lipinski definition) is 4. The molecule has 20 heavy (non-hydrogen) atoms. The number of likely N-dealkylation sites (N-methyl/N-ethyl adjacent to an activating group) is 1. The summed E-state index contributed by atoms with van der Waals surface area (Å²) in [7, 11) is 1.65. The van der Waals surface area contributed by atoms with E-state index in [0.717, 1.165) is 0 Å². The summed E-state index contributed by atoms with van der Waals surface area (Å²) in [4.78, 5) is 32.1. The maximum absolute atomic E-state index is 11.9. The number of para-hydroxylation sites is 1. The molecule has 0 aliphatic heterocycles. The average Bonchev–Trinajstić information content (AvgIpc) is 2.44. The molecule has 1 N–H and O–H groups in total. The van der Waals surface area contributed by atoms with E-state index < -0.39 is 0 Å². The first kappa shape index (κ1) is 14.2. The smallest absolute Gasteiger partial charge is 0.258 e. The molecule has 0 unspecified atom stereocenters. The van der Waals surface area contributed by atoms with E-state index in [-0.39, 0.29) is 24.6 Å². The maximum atomic E-state index is 11.9. The molecule has 0 fully saturated rings. The largest absolute Gasteiger partial charge is 0.372 e. The number of amides is 1. The lowest BCUT2D eigenvalue weighted by Crippen LogP contribution is -2.31. The van der Waals surface area contributed by atoms with Crippen LogP contribution in [0.25, 0.3) is 10.9 Å². The molecule has 6 heteroatoms. The molecule has 1 amide bonds. The lowest BCUT2D eigenvalue weighted by atomic mass is 10.2. The number of nitrogens with zero attached hydrogens (tertiary/aromatic N) is 2. The Morgan fingerprint density at radius 2 is 2.15 bits per heavy atom. The molecule has 0 atom stereocenters. The van der Waals surface area contributed by atoms with Crippen molar-refractivity contribution in [1.82, 2.24) is 14.9 Å². The Morgan fingerprint density at radius 1 is 1.40 bits per heavy atom. The highest BCUT2D eigenvalue weighted by atomic mass is 16.5. The van der Waals surface area contributed by atoms with E-state index in [1.807, 2.05) is 13.0 Å². The van der Waals surface area contributed by atoms with Crippen molar-refractivity contribution < 1.29 is 9.53 Å². The first-order chi connectivity index (χ1) is 9.61. The molecule has 2 rings (SSSR count). The number of ether oxygens (including phenoxy) is 1. The molecule has 0 aliphatic carbocycles. The third-order valence-corrected chi connectivity index (χ3v) is 2.90. The minimum atomic E-state index is -0.198. The summed E-state index contributed by atoms with van der Waals surface area (Å²) in [5.74, 6) is 0.309. The Morgan fingerprint density at radius 3 is 2.90 bits per heavy atom. The predicted octanol–water partition coefficient (Wildman–Crippen LogP) is 0.918. The van der Waals surface area contributed by atoms with E-state index in [0.29, 0.717) is 23.3 Å². The Balaban J connectivity index is 2.17. The molecule has 0 saturated carbocycles. The number of carbonyl (C=O) groups is 1. The highest BCUT2D eigenvalue weighted by molar-refractivity contribution is 5.78. The Kier molecular flexibility index (Phi) is 4.47. The van der Waals surface area contributed by atoms with Crippen molar-refractivity contribution in [2.24, 2.45) is 0 Å². The van der Waals surface area contributed by atoms with Crippen LogP contribution in [0.5, 0.6) is 0 Å². The SMILES string of the molecule is CCOCC(=O)N(C)Cc1nc2ccccc2c(=O)[nH]1. The molecule has 0 radical (unpaired) electrons. The summed E-state index contributed by atoms with van der Waals surface area (Å²) in [5.41, 5.74) is 0.424. The molecule has 0 spiro atoms. The van der Waals surface area contributed by atoms with Gasteiger partial charge in [0.1, 0.15) is 12.4 Å². The number of nitrogens with one attached hydrogen (secondary N) is 1. The topological polar surface area (TPSA) is 75.3 Å². The molecule has 0 saturated heterocycles. The van der Waals surface area contributed by atoms with Crippen LogP contribution in [-0.4, -0.2) is 41.0 Å². The Bertz CT molecular complexity index is 666. The molecule has 2 aromatic rings. The highest BCUT2D eigenvalue weighted by Crippen LogP contribution is 2.06. The third-order valence-electron chi connectivity index (χ3n) is 2.90. The second-order valence-electron chi connectivity index (χ2n) is 4.42.